The summed E-state index contributed by atoms with van der Waals surface area (Å²) >= 11 is 0. The molecule has 0 spiro atoms. The van der Waals surface area contributed by atoms with E-state index in [1.54, 1.807) is 0 Å². The molecule has 288 valence electrons. The van der Waals surface area contributed by atoms with Crippen LogP contribution in [0.1, 0.15) is 66.7 Å². The van der Waals surface area contributed by atoms with E-state index in [1.165, 1.54) is 83.0 Å². The van der Waals surface area contributed by atoms with Crippen molar-refractivity contribution in [2.45, 2.75) is 44.9 Å². The van der Waals surface area contributed by atoms with Crippen LogP contribution in [0, 0.1) is 0 Å². The molecule has 9 aromatic rings. The number of allylic oxidation sites excluding steroid dienone is 5. The van der Waals surface area contributed by atoms with E-state index in [0.29, 0.717) is 0 Å². The fourth-order valence-corrected chi connectivity index (χ4v) is 10.4. The van der Waals surface area contributed by atoms with Gasteiger partial charge in [-0.2, -0.15) is 0 Å². The molecule has 3 aliphatic carbocycles. The van der Waals surface area contributed by atoms with Gasteiger partial charge < -0.3 is 13.9 Å². The fraction of sp³-hybridized carbons (Fsp3) is 0.123. The van der Waals surface area contributed by atoms with Crippen molar-refractivity contribution in [2.75, 3.05) is 4.90 Å². The normalized spacial score (nSPS) is 15.2. The molecule has 0 aliphatic heterocycles. The van der Waals surface area contributed by atoms with Gasteiger partial charge in [0.25, 0.3) is 0 Å². The third-order valence-corrected chi connectivity index (χ3v) is 13.4. The number of anilines is 3. The number of hydrogen-bond acceptors (Lipinski definition) is 2. The van der Waals surface area contributed by atoms with Crippen molar-refractivity contribution >= 4 is 61.0 Å². The summed E-state index contributed by atoms with van der Waals surface area (Å²) in [6, 6.07) is 58.4. The minimum Gasteiger partial charge on any atom is -0.456 e. The number of fused-ring (bicyclic) bond motifs is 9. The number of aryl methyl sites for hydroxylation is 1. The predicted octanol–water partition coefficient (Wildman–Crippen LogP) is 15.4. The van der Waals surface area contributed by atoms with E-state index in [0.717, 1.165) is 54.1 Å². The van der Waals surface area contributed by atoms with Crippen molar-refractivity contribution < 1.29 is 4.42 Å². The molecular formula is C57H44N2O. The fourth-order valence-electron chi connectivity index (χ4n) is 10.4. The van der Waals surface area contributed by atoms with Crippen molar-refractivity contribution in [3.63, 3.8) is 0 Å². The maximum atomic E-state index is 6.50. The Morgan fingerprint density at radius 3 is 1.88 bits per heavy atom. The molecule has 0 saturated heterocycles. The Kier molecular flexibility index (Phi) is 7.84. The topological polar surface area (TPSA) is 21.3 Å². The van der Waals surface area contributed by atoms with Gasteiger partial charge in [0.1, 0.15) is 11.3 Å². The number of aromatic nitrogens is 1. The van der Waals surface area contributed by atoms with Crippen LogP contribution in [0.3, 0.4) is 0 Å². The van der Waals surface area contributed by atoms with Gasteiger partial charge in [-0.3, -0.25) is 0 Å². The van der Waals surface area contributed by atoms with E-state index in [4.69, 9.17) is 4.42 Å². The van der Waals surface area contributed by atoms with Crippen LogP contribution in [0.4, 0.5) is 17.1 Å². The Balaban J connectivity index is 0.950. The van der Waals surface area contributed by atoms with Gasteiger partial charge in [0.05, 0.1) is 11.0 Å². The van der Waals surface area contributed by atoms with Crippen LogP contribution < -0.4 is 4.90 Å². The Labute approximate surface area is 350 Å². The third kappa shape index (κ3) is 5.35. The minimum absolute atomic E-state index is 0.215. The first kappa shape index (κ1) is 34.9. The molecule has 60 heavy (non-hydrogen) atoms. The van der Waals surface area contributed by atoms with Crippen molar-refractivity contribution in [3.8, 4) is 16.8 Å². The molecule has 0 saturated carbocycles. The van der Waals surface area contributed by atoms with Gasteiger partial charge in [-0.05, 0) is 131 Å². The second kappa shape index (κ2) is 13.5. The summed E-state index contributed by atoms with van der Waals surface area (Å²) in [5.74, 6) is 1.01. The zero-order valence-corrected chi connectivity index (χ0v) is 34.0. The smallest absolute Gasteiger partial charge is 0.138 e. The molecule has 0 fully saturated rings. The van der Waals surface area contributed by atoms with Crippen molar-refractivity contribution in [3.05, 3.63) is 216 Å². The van der Waals surface area contributed by atoms with E-state index in [-0.39, 0.29) is 5.41 Å². The van der Waals surface area contributed by atoms with Crippen LogP contribution in [-0.2, 0) is 11.8 Å². The molecule has 3 nitrogen and oxygen atoms in total. The second-order valence-electron chi connectivity index (χ2n) is 17.1. The number of nitrogens with zero attached hydrogens (tertiary/aromatic N) is 2. The third-order valence-electron chi connectivity index (χ3n) is 13.4. The van der Waals surface area contributed by atoms with Gasteiger partial charge in [0.15, 0.2) is 0 Å². The molecule has 0 N–H and O–H groups in total. The molecule has 0 radical (unpaired) electrons. The van der Waals surface area contributed by atoms with E-state index in [9.17, 15) is 0 Å². The summed E-state index contributed by atoms with van der Waals surface area (Å²) in [6.45, 7) is 4.78. The number of furan rings is 1. The quantitative estimate of drug-likeness (QED) is 0.168. The van der Waals surface area contributed by atoms with Gasteiger partial charge in [0, 0.05) is 55.5 Å². The van der Waals surface area contributed by atoms with Crippen LogP contribution in [0.2, 0.25) is 0 Å². The zero-order chi connectivity index (χ0) is 40.0. The molecule has 3 heteroatoms. The van der Waals surface area contributed by atoms with Gasteiger partial charge in [-0.15, -0.1) is 0 Å². The zero-order valence-electron chi connectivity index (χ0n) is 34.0. The van der Waals surface area contributed by atoms with Crippen LogP contribution in [0.5, 0.6) is 0 Å². The number of benzene rings is 7. The maximum absolute atomic E-state index is 6.50. The number of rotatable bonds is 6. The Morgan fingerprint density at radius 2 is 1.18 bits per heavy atom. The van der Waals surface area contributed by atoms with Gasteiger partial charge in [0.2, 0.25) is 0 Å². The molecule has 0 unspecified atom stereocenters. The molecule has 12 rings (SSSR count). The van der Waals surface area contributed by atoms with Crippen LogP contribution >= 0.6 is 0 Å². The van der Waals surface area contributed by atoms with Gasteiger partial charge in [-0.25, -0.2) is 0 Å². The van der Waals surface area contributed by atoms with Gasteiger partial charge >= 0.3 is 0 Å². The summed E-state index contributed by atoms with van der Waals surface area (Å²) in [6.07, 6.45) is 13.2. The molecule has 0 amide bonds. The maximum Gasteiger partial charge on any atom is 0.138 e. The van der Waals surface area contributed by atoms with Crippen molar-refractivity contribution in [1.29, 1.82) is 0 Å². The van der Waals surface area contributed by atoms with Crippen LogP contribution in [0.15, 0.2) is 186 Å². The van der Waals surface area contributed by atoms with Crippen molar-refractivity contribution in [1.82, 2.24) is 4.57 Å². The largest absolute Gasteiger partial charge is 0.456 e. The average Bonchev–Trinajstić information content (AvgIpc) is 3.93. The summed E-state index contributed by atoms with van der Waals surface area (Å²) in [5, 5.41) is 3.79. The number of hydrogen-bond donors (Lipinski definition) is 0. The van der Waals surface area contributed by atoms with E-state index in [2.05, 4.69) is 205 Å². The Bertz CT molecular complexity index is 3220. The first-order valence-electron chi connectivity index (χ1n) is 21.4. The average molecular weight is 773 g/mol. The Hall–Kier alpha value is -7.10. The summed E-state index contributed by atoms with van der Waals surface area (Å²) in [5.41, 5.74) is 19.5. The monoisotopic (exact) mass is 772 g/mol. The molecule has 0 atom stereocenters. The van der Waals surface area contributed by atoms with E-state index < -0.39 is 0 Å². The first-order valence-corrected chi connectivity index (χ1v) is 21.4. The lowest BCUT2D eigenvalue weighted by Crippen LogP contribution is -2.17. The lowest BCUT2D eigenvalue weighted by Gasteiger charge is -2.28. The molecule has 0 bridgehead atoms. The van der Waals surface area contributed by atoms with Crippen molar-refractivity contribution in [2.24, 2.45) is 0 Å². The minimum atomic E-state index is -0.215. The molecule has 3 aliphatic rings. The highest BCUT2D eigenvalue weighted by Gasteiger charge is 2.37. The summed E-state index contributed by atoms with van der Waals surface area (Å²) < 4.78 is 8.93. The Morgan fingerprint density at radius 1 is 0.567 bits per heavy atom. The summed E-state index contributed by atoms with van der Waals surface area (Å²) in [4.78, 5) is 2.42. The molecule has 2 heterocycles. The SMILES string of the molecule is CC1(C)c2cc(N(c3ccc(C4=CC=CCC4)cc3)c3ccc(C4=CCCc5c4oc4ccccc54)cc3)ccc2-c2ccc(-n3c4ccccc4c4ccccc43)cc21. The lowest BCUT2D eigenvalue weighted by molar-refractivity contribution is 0.591. The predicted molar refractivity (Wildman–Crippen MR) is 251 cm³/mol. The second-order valence-corrected chi connectivity index (χ2v) is 17.1. The van der Waals surface area contributed by atoms with Gasteiger partial charge in [-0.1, -0.05) is 129 Å². The molecular weight excluding hydrogens is 729 g/mol. The molecule has 2 aromatic heterocycles. The molecule has 7 aromatic carbocycles. The highest BCUT2D eigenvalue weighted by atomic mass is 16.3. The highest BCUT2D eigenvalue weighted by Crippen LogP contribution is 2.52. The summed E-state index contributed by atoms with van der Waals surface area (Å²) in [7, 11) is 0. The lowest BCUT2D eigenvalue weighted by atomic mass is 9.82. The van der Waals surface area contributed by atoms with E-state index in [1.807, 2.05) is 0 Å². The standard InChI is InChI=1S/C57H44N2O/c1-57(2)51-35-42(31-33-45(51)46-34-32-43(36-52(46)57)59-53-20-9-6-15-47(53)48-16-7-10-21-54(48)59)58(40-27-23-38(24-28-40)37-13-4-3-5-14-37)41-29-25-39(26-30-41)44-18-12-19-50-49-17-8-11-22-55(49)60-56(44)50/h3-4,6-11,13,15-18,20-36H,5,12,14,19H2,1-2H3. The van der Waals surface area contributed by atoms with Crippen LogP contribution in [0.25, 0.3) is 60.7 Å². The highest BCUT2D eigenvalue weighted by molar-refractivity contribution is 6.09. The van der Waals surface area contributed by atoms with Crippen LogP contribution in [-0.4, -0.2) is 4.57 Å². The number of para-hydroxylation sites is 3. The first-order chi connectivity index (χ1) is 29.5. The van der Waals surface area contributed by atoms with E-state index >= 15 is 0 Å².